The molecule has 1 aliphatic heterocycles. The van der Waals surface area contributed by atoms with Crippen LogP contribution < -0.4 is 5.32 Å². The Morgan fingerprint density at radius 3 is 3.20 bits per heavy atom. The molecule has 2 aromatic heterocycles. The molecule has 78 valence electrons. The van der Waals surface area contributed by atoms with Crippen LogP contribution in [0.15, 0.2) is 22.8 Å². The van der Waals surface area contributed by atoms with Gasteiger partial charge in [0.05, 0.1) is 12.3 Å². The number of rotatable bonds is 2. The van der Waals surface area contributed by atoms with E-state index in [1.54, 1.807) is 6.26 Å². The Morgan fingerprint density at radius 2 is 2.47 bits per heavy atom. The zero-order valence-corrected chi connectivity index (χ0v) is 8.23. The Kier molecular flexibility index (Phi) is 2.03. The summed E-state index contributed by atoms with van der Waals surface area (Å²) in [4.78, 5) is 4.41. The van der Waals surface area contributed by atoms with E-state index in [1.807, 2.05) is 12.1 Å². The van der Waals surface area contributed by atoms with Crippen molar-refractivity contribution in [3.05, 3.63) is 24.2 Å². The van der Waals surface area contributed by atoms with Crippen LogP contribution in [0.4, 0.5) is 0 Å². The molecule has 0 bridgehead atoms. The van der Waals surface area contributed by atoms with E-state index in [1.165, 1.54) is 6.42 Å². The lowest BCUT2D eigenvalue weighted by Crippen LogP contribution is -2.14. The topological polar surface area (TPSA) is 66.7 Å². The van der Waals surface area contributed by atoms with Gasteiger partial charge in [0.25, 0.3) is 0 Å². The van der Waals surface area contributed by atoms with Crippen LogP contribution in [-0.2, 0) is 0 Å². The highest BCUT2D eigenvalue weighted by Crippen LogP contribution is 2.22. The lowest BCUT2D eigenvalue weighted by Gasteiger charge is -2.03. The Hall–Kier alpha value is -1.62. The van der Waals surface area contributed by atoms with E-state index in [2.05, 4.69) is 20.5 Å². The molecule has 0 saturated carbocycles. The van der Waals surface area contributed by atoms with Crippen molar-refractivity contribution >= 4 is 0 Å². The molecule has 3 heterocycles. The molecule has 2 N–H and O–H groups in total. The summed E-state index contributed by atoms with van der Waals surface area (Å²) in [6.07, 6.45) is 3.94. The normalized spacial score (nSPS) is 20.9. The van der Waals surface area contributed by atoms with Gasteiger partial charge in [0.15, 0.2) is 5.76 Å². The summed E-state index contributed by atoms with van der Waals surface area (Å²) in [5, 5.41) is 10.5. The van der Waals surface area contributed by atoms with Crippen molar-refractivity contribution < 1.29 is 4.42 Å². The average Bonchev–Trinajstić information content (AvgIpc) is 3.02. The summed E-state index contributed by atoms with van der Waals surface area (Å²) < 4.78 is 5.23. The van der Waals surface area contributed by atoms with Crippen molar-refractivity contribution in [2.45, 2.75) is 18.9 Å². The predicted molar refractivity (Wildman–Crippen MR) is 54.1 cm³/mol. The fourth-order valence-corrected chi connectivity index (χ4v) is 1.86. The number of aromatic amines is 1. The molecule has 0 amide bonds. The van der Waals surface area contributed by atoms with E-state index in [4.69, 9.17) is 4.42 Å². The first-order chi connectivity index (χ1) is 7.43. The van der Waals surface area contributed by atoms with E-state index in [-0.39, 0.29) is 0 Å². The van der Waals surface area contributed by atoms with Gasteiger partial charge in [-0.2, -0.15) is 0 Å². The average molecular weight is 204 g/mol. The molecule has 5 nitrogen and oxygen atoms in total. The van der Waals surface area contributed by atoms with Gasteiger partial charge >= 0.3 is 0 Å². The van der Waals surface area contributed by atoms with Crippen LogP contribution in [0, 0.1) is 0 Å². The largest absolute Gasteiger partial charge is 0.461 e. The number of nitrogens with zero attached hydrogens (tertiary/aromatic N) is 2. The highest BCUT2D eigenvalue weighted by molar-refractivity contribution is 5.45. The fraction of sp³-hybridized carbons (Fsp3) is 0.400. The second-order valence-electron chi connectivity index (χ2n) is 3.67. The molecule has 0 radical (unpaired) electrons. The van der Waals surface area contributed by atoms with Gasteiger partial charge in [0.1, 0.15) is 5.82 Å². The Bertz CT molecular complexity index is 428. The fourth-order valence-electron chi connectivity index (χ4n) is 1.86. The van der Waals surface area contributed by atoms with Crippen molar-refractivity contribution in [3.63, 3.8) is 0 Å². The first-order valence-electron chi connectivity index (χ1n) is 5.13. The summed E-state index contributed by atoms with van der Waals surface area (Å²) in [7, 11) is 0. The molecule has 1 atom stereocenters. The van der Waals surface area contributed by atoms with E-state index in [0.717, 1.165) is 18.8 Å². The van der Waals surface area contributed by atoms with E-state index < -0.39 is 0 Å². The molecule has 0 spiro atoms. The van der Waals surface area contributed by atoms with E-state index in [0.29, 0.717) is 17.6 Å². The van der Waals surface area contributed by atoms with Crippen LogP contribution in [-0.4, -0.2) is 21.7 Å². The van der Waals surface area contributed by atoms with Crippen molar-refractivity contribution in [1.29, 1.82) is 0 Å². The van der Waals surface area contributed by atoms with Gasteiger partial charge in [-0.1, -0.05) is 0 Å². The third kappa shape index (κ3) is 1.55. The van der Waals surface area contributed by atoms with Crippen LogP contribution >= 0.6 is 0 Å². The highest BCUT2D eigenvalue weighted by Gasteiger charge is 2.20. The number of aromatic nitrogens is 3. The Morgan fingerprint density at radius 1 is 1.47 bits per heavy atom. The molecule has 1 saturated heterocycles. The van der Waals surface area contributed by atoms with Gasteiger partial charge in [0.2, 0.25) is 5.82 Å². The number of furan rings is 1. The number of nitrogens with one attached hydrogen (secondary N) is 2. The molecule has 15 heavy (non-hydrogen) atoms. The van der Waals surface area contributed by atoms with Crippen molar-refractivity contribution in [1.82, 2.24) is 20.5 Å². The molecule has 0 aliphatic carbocycles. The second kappa shape index (κ2) is 3.51. The lowest BCUT2D eigenvalue weighted by atomic mass is 10.2. The maximum atomic E-state index is 5.23. The van der Waals surface area contributed by atoms with Gasteiger partial charge in [-0.05, 0) is 31.5 Å². The highest BCUT2D eigenvalue weighted by atomic mass is 16.3. The maximum Gasteiger partial charge on any atom is 0.216 e. The molecule has 2 aromatic rings. The lowest BCUT2D eigenvalue weighted by molar-refractivity contribution is 0.577. The number of H-pyrrole nitrogens is 1. The standard InChI is InChI=1S/C10H12N4O/c1-3-7(11-5-1)9-12-10(14-13-9)8-4-2-6-15-8/h2,4,6-7,11H,1,3,5H2,(H,12,13,14). The van der Waals surface area contributed by atoms with Crippen LogP contribution in [0.5, 0.6) is 0 Å². The molecule has 1 unspecified atom stereocenters. The maximum absolute atomic E-state index is 5.23. The molecule has 0 aromatic carbocycles. The van der Waals surface area contributed by atoms with Gasteiger partial charge in [-0.15, -0.1) is 5.10 Å². The minimum absolute atomic E-state index is 0.321. The van der Waals surface area contributed by atoms with Crippen LogP contribution in [0.25, 0.3) is 11.6 Å². The summed E-state index contributed by atoms with van der Waals surface area (Å²) in [6, 6.07) is 4.01. The third-order valence-corrected chi connectivity index (χ3v) is 2.63. The first-order valence-corrected chi connectivity index (χ1v) is 5.13. The van der Waals surface area contributed by atoms with E-state index >= 15 is 0 Å². The molecule has 3 rings (SSSR count). The zero-order chi connectivity index (χ0) is 10.1. The first kappa shape index (κ1) is 8.67. The molecular formula is C10H12N4O. The van der Waals surface area contributed by atoms with Gasteiger partial charge in [0, 0.05) is 0 Å². The summed E-state index contributed by atoms with van der Waals surface area (Å²) >= 11 is 0. The molecule has 1 fully saturated rings. The molecular weight excluding hydrogens is 192 g/mol. The summed E-state index contributed by atoms with van der Waals surface area (Å²) in [6.45, 7) is 1.06. The molecule has 5 heteroatoms. The van der Waals surface area contributed by atoms with Crippen molar-refractivity contribution in [2.75, 3.05) is 6.54 Å². The number of hydrogen-bond acceptors (Lipinski definition) is 4. The van der Waals surface area contributed by atoms with Crippen molar-refractivity contribution in [2.24, 2.45) is 0 Å². The minimum Gasteiger partial charge on any atom is -0.461 e. The quantitative estimate of drug-likeness (QED) is 0.777. The predicted octanol–water partition coefficient (Wildman–Crippen LogP) is 1.49. The monoisotopic (exact) mass is 204 g/mol. The van der Waals surface area contributed by atoms with Crippen LogP contribution in [0.3, 0.4) is 0 Å². The SMILES string of the molecule is c1coc(-c2n[nH]c(C3CCCN3)n2)c1. The summed E-state index contributed by atoms with van der Waals surface area (Å²) in [5.74, 6) is 2.23. The zero-order valence-electron chi connectivity index (χ0n) is 8.23. The van der Waals surface area contributed by atoms with Crippen molar-refractivity contribution in [3.8, 4) is 11.6 Å². The van der Waals surface area contributed by atoms with Gasteiger partial charge in [-0.25, -0.2) is 4.98 Å². The van der Waals surface area contributed by atoms with E-state index in [9.17, 15) is 0 Å². The van der Waals surface area contributed by atoms with Crippen LogP contribution in [0.1, 0.15) is 24.7 Å². The Labute approximate surface area is 86.9 Å². The third-order valence-electron chi connectivity index (χ3n) is 2.63. The minimum atomic E-state index is 0.321. The van der Waals surface area contributed by atoms with Gasteiger partial charge in [-0.3, -0.25) is 5.10 Å². The summed E-state index contributed by atoms with van der Waals surface area (Å²) in [5.41, 5.74) is 0. The smallest absolute Gasteiger partial charge is 0.216 e. The second-order valence-corrected chi connectivity index (χ2v) is 3.67. The number of hydrogen-bond donors (Lipinski definition) is 2. The van der Waals surface area contributed by atoms with Crippen LogP contribution in [0.2, 0.25) is 0 Å². The Balaban J connectivity index is 1.87. The molecule has 1 aliphatic rings. The van der Waals surface area contributed by atoms with Gasteiger partial charge < -0.3 is 9.73 Å².